The Balaban J connectivity index is 1.63. The Morgan fingerprint density at radius 1 is 1.32 bits per heavy atom. The summed E-state index contributed by atoms with van der Waals surface area (Å²) in [7, 11) is 0. The summed E-state index contributed by atoms with van der Waals surface area (Å²) in [5.41, 5.74) is 0. The van der Waals surface area contributed by atoms with Gasteiger partial charge < -0.3 is 15.4 Å². The number of hydrogen-bond donors (Lipinski definition) is 2. The van der Waals surface area contributed by atoms with Crippen molar-refractivity contribution in [3.05, 3.63) is 12.3 Å². The van der Waals surface area contributed by atoms with Crippen molar-refractivity contribution in [2.24, 2.45) is 0 Å². The van der Waals surface area contributed by atoms with Gasteiger partial charge in [0.2, 0.25) is 11.8 Å². The zero-order valence-corrected chi connectivity index (χ0v) is 11.6. The van der Waals surface area contributed by atoms with Crippen LogP contribution in [0.3, 0.4) is 0 Å². The molecule has 0 saturated carbocycles. The first kappa shape index (κ1) is 12.7. The SMILES string of the molecule is CC(C)Oc1ccnc(NC2CC3CCC(C2)N3)n1. The normalized spacial score (nSPS) is 29.5. The number of ether oxygens (including phenoxy) is 1. The lowest BCUT2D eigenvalue weighted by molar-refractivity contribution is 0.232. The Kier molecular flexibility index (Phi) is 3.55. The summed E-state index contributed by atoms with van der Waals surface area (Å²) in [5.74, 6) is 1.33. The van der Waals surface area contributed by atoms with E-state index in [0.717, 1.165) is 12.8 Å². The molecule has 19 heavy (non-hydrogen) atoms. The lowest BCUT2D eigenvalue weighted by Crippen LogP contribution is -2.43. The fraction of sp³-hybridized carbons (Fsp3) is 0.714. The quantitative estimate of drug-likeness (QED) is 0.868. The minimum Gasteiger partial charge on any atom is -0.475 e. The van der Waals surface area contributed by atoms with Crippen LogP contribution in [0, 0.1) is 0 Å². The molecule has 0 aromatic carbocycles. The summed E-state index contributed by atoms with van der Waals surface area (Å²) >= 11 is 0. The maximum atomic E-state index is 5.60. The van der Waals surface area contributed by atoms with Crippen LogP contribution in [-0.4, -0.2) is 34.2 Å². The van der Waals surface area contributed by atoms with E-state index in [-0.39, 0.29) is 6.10 Å². The Hall–Kier alpha value is -1.36. The third-order valence-corrected chi connectivity index (χ3v) is 3.79. The van der Waals surface area contributed by atoms with Gasteiger partial charge >= 0.3 is 0 Å². The first-order chi connectivity index (χ1) is 9.19. The van der Waals surface area contributed by atoms with Crippen LogP contribution in [0.2, 0.25) is 0 Å². The highest BCUT2D eigenvalue weighted by Gasteiger charge is 2.33. The molecule has 3 rings (SSSR count). The van der Waals surface area contributed by atoms with Crippen LogP contribution in [0.25, 0.3) is 0 Å². The second-order valence-electron chi connectivity index (χ2n) is 5.84. The van der Waals surface area contributed by atoms with E-state index in [2.05, 4.69) is 20.6 Å². The van der Waals surface area contributed by atoms with Crippen molar-refractivity contribution in [3.63, 3.8) is 0 Å². The number of rotatable bonds is 4. The second-order valence-corrected chi connectivity index (χ2v) is 5.84. The standard InChI is InChI=1S/C14H22N4O/c1-9(2)19-13-5-6-15-14(18-13)17-12-7-10-3-4-11(8-12)16-10/h5-6,9-12,16H,3-4,7-8H2,1-2H3,(H,15,17,18). The van der Waals surface area contributed by atoms with Crippen molar-refractivity contribution in [3.8, 4) is 5.88 Å². The van der Waals surface area contributed by atoms with Gasteiger partial charge in [-0.25, -0.2) is 4.98 Å². The summed E-state index contributed by atoms with van der Waals surface area (Å²) in [6.45, 7) is 4.00. The molecule has 2 aliphatic heterocycles. The van der Waals surface area contributed by atoms with Crippen LogP contribution in [0.4, 0.5) is 5.95 Å². The molecule has 2 aliphatic rings. The van der Waals surface area contributed by atoms with Crippen molar-refractivity contribution in [1.29, 1.82) is 0 Å². The summed E-state index contributed by atoms with van der Waals surface area (Å²) in [6.07, 6.45) is 6.82. The van der Waals surface area contributed by atoms with Gasteiger partial charge in [-0.2, -0.15) is 4.98 Å². The third kappa shape index (κ3) is 3.15. The van der Waals surface area contributed by atoms with Gasteiger partial charge in [-0.1, -0.05) is 0 Å². The number of nitrogens with one attached hydrogen (secondary N) is 2. The van der Waals surface area contributed by atoms with E-state index in [1.54, 1.807) is 12.3 Å². The fourth-order valence-corrected chi connectivity index (χ4v) is 3.08. The average Bonchev–Trinajstić information content (AvgIpc) is 2.68. The number of piperidine rings is 1. The molecule has 2 saturated heterocycles. The Bertz CT molecular complexity index is 425. The largest absolute Gasteiger partial charge is 0.475 e. The molecule has 1 aromatic heterocycles. The molecule has 0 spiro atoms. The van der Waals surface area contributed by atoms with Gasteiger partial charge in [0, 0.05) is 30.4 Å². The van der Waals surface area contributed by atoms with Crippen LogP contribution in [0.1, 0.15) is 39.5 Å². The monoisotopic (exact) mass is 262 g/mol. The molecule has 2 unspecified atom stereocenters. The van der Waals surface area contributed by atoms with Crippen LogP contribution in [0.5, 0.6) is 5.88 Å². The van der Waals surface area contributed by atoms with Crippen molar-refractivity contribution >= 4 is 5.95 Å². The summed E-state index contributed by atoms with van der Waals surface area (Å²) < 4.78 is 5.60. The zero-order valence-electron chi connectivity index (χ0n) is 11.6. The van der Waals surface area contributed by atoms with Crippen LogP contribution < -0.4 is 15.4 Å². The van der Waals surface area contributed by atoms with Crippen molar-refractivity contribution in [2.75, 3.05) is 5.32 Å². The van der Waals surface area contributed by atoms with E-state index in [4.69, 9.17) is 4.74 Å². The molecule has 0 aliphatic carbocycles. The van der Waals surface area contributed by atoms with Gasteiger partial charge in [0.1, 0.15) is 0 Å². The van der Waals surface area contributed by atoms with Crippen LogP contribution in [0.15, 0.2) is 12.3 Å². The highest BCUT2D eigenvalue weighted by atomic mass is 16.5. The van der Waals surface area contributed by atoms with Gasteiger partial charge in [0.25, 0.3) is 0 Å². The number of fused-ring (bicyclic) bond motifs is 2. The molecule has 1 aromatic rings. The summed E-state index contributed by atoms with van der Waals surface area (Å²) in [5, 5.41) is 7.09. The lowest BCUT2D eigenvalue weighted by Gasteiger charge is -2.29. The molecular weight excluding hydrogens is 240 g/mol. The second kappa shape index (κ2) is 5.33. The van der Waals surface area contributed by atoms with E-state index in [9.17, 15) is 0 Å². The van der Waals surface area contributed by atoms with Gasteiger partial charge in [0.15, 0.2) is 0 Å². The van der Waals surface area contributed by atoms with Crippen molar-refractivity contribution in [2.45, 2.75) is 63.8 Å². The molecule has 5 nitrogen and oxygen atoms in total. The van der Waals surface area contributed by atoms with E-state index < -0.39 is 0 Å². The smallest absolute Gasteiger partial charge is 0.226 e. The Morgan fingerprint density at radius 2 is 2.05 bits per heavy atom. The number of hydrogen-bond acceptors (Lipinski definition) is 5. The van der Waals surface area contributed by atoms with Gasteiger partial charge in [-0.3, -0.25) is 0 Å². The van der Waals surface area contributed by atoms with Crippen molar-refractivity contribution < 1.29 is 4.74 Å². The molecule has 3 heterocycles. The molecule has 104 valence electrons. The van der Waals surface area contributed by atoms with Gasteiger partial charge in [-0.05, 0) is 39.5 Å². The molecule has 2 fully saturated rings. The number of anilines is 1. The van der Waals surface area contributed by atoms with E-state index >= 15 is 0 Å². The average molecular weight is 262 g/mol. The molecular formula is C14H22N4O. The molecule has 0 radical (unpaired) electrons. The summed E-state index contributed by atoms with van der Waals surface area (Å²) in [4.78, 5) is 8.70. The van der Waals surface area contributed by atoms with Crippen LogP contribution in [-0.2, 0) is 0 Å². The highest BCUT2D eigenvalue weighted by molar-refractivity contribution is 5.29. The maximum absolute atomic E-state index is 5.60. The first-order valence-corrected chi connectivity index (χ1v) is 7.21. The predicted octanol–water partition coefficient (Wildman–Crippen LogP) is 1.96. The lowest BCUT2D eigenvalue weighted by atomic mass is 10.0. The Labute approximate surface area is 114 Å². The highest BCUT2D eigenvalue weighted by Crippen LogP contribution is 2.28. The molecule has 2 N–H and O–H groups in total. The van der Waals surface area contributed by atoms with Gasteiger partial charge in [0.05, 0.1) is 6.10 Å². The number of nitrogens with zero attached hydrogens (tertiary/aromatic N) is 2. The Morgan fingerprint density at radius 3 is 2.74 bits per heavy atom. The minimum absolute atomic E-state index is 0.137. The minimum atomic E-state index is 0.137. The fourth-order valence-electron chi connectivity index (χ4n) is 3.08. The number of aromatic nitrogens is 2. The van der Waals surface area contributed by atoms with Crippen molar-refractivity contribution in [1.82, 2.24) is 15.3 Å². The first-order valence-electron chi connectivity index (χ1n) is 7.21. The molecule has 0 amide bonds. The molecule has 2 atom stereocenters. The predicted molar refractivity (Wildman–Crippen MR) is 74.4 cm³/mol. The zero-order chi connectivity index (χ0) is 13.2. The molecule has 2 bridgehead atoms. The maximum Gasteiger partial charge on any atom is 0.226 e. The van der Waals surface area contributed by atoms with E-state index in [1.165, 1.54) is 12.8 Å². The molecule has 5 heteroatoms. The van der Waals surface area contributed by atoms with E-state index in [0.29, 0.717) is 30.0 Å². The van der Waals surface area contributed by atoms with E-state index in [1.807, 2.05) is 13.8 Å². The summed E-state index contributed by atoms with van der Waals surface area (Å²) in [6, 6.07) is 3.63. The topological polar surface area (TPSA) is 59.1 Å². The van der Waals surface area contributed by atoms with Gasteiger partial charge in [-0.15, -0.1) is 0 Å². The third-order valence-electron chi connectivity index (χ3n) is 3.79. The van der Waals surface area contributed by atoms with Crippen LogP contribution >= 0.6 is 0 Å².